The fourth-order valence-electron chi connectivity index (χ4n) is 1.75. The first-order valence-electron chi connectivity index (χ1n) is 5.61. The third-order valence-corrected chi connectivity index (χ3v) is 3.28. The molecular formula is C13H15Cl2NO3. The van der Waals surface area contributed by atoms with Gasteiger partial charge in [-0.25, -0.2) is 0 Å². The lowest BCUT2D eigenvalue weighted by atomic mass is 9.80. The van der Waals surface area contributed by atoms with E-state index < -0.39 is 17.4 Å². The topological polar surface area (TPSA) is 66.4 Å². The van der Waals surface area contributed by atoms with E-state index >= 15 is 0 Å². The van der Waals surface area contributed by atoms with E-state index in [4.69, 9.17) is 23.2 Å². The first-order valence-corrected chi connectivity index (χ1v) is 6.36. The normalized spacial score (nSPS) is 12.9. The van der Waals surface area contributed by atoms with E-state index in [0.717, 1.165) is 0 Å². The Labute approximate surface area is 121 Å². The van der Waals surface area contributed by atoms with Crippen molar-refractivity contribution in [1.82, 2.24) is 5.32 Å². The van der Waals surface area contributed by atoms with Crippen LogP contribution in [0.3, 0.4) is 0 Å². The van der Waals surface area contributed by atoms with Gasteiger partial charge < -0.3 is 10.4 Å². The van der Waals surface area contributed by atoms with Crippen LogP contribution in [0.25, 0.3) is 0 Å². The smallest absolute Gasteiger partial charge is 0.311 e. The van der Waals surface area contributed by atoms with Crippen molar-refractivity contribution in [2.45, 2.75) is 26.8 Å². The first-order chi connectivity index (χ1) is 8.64. The first kappa shape index (κ1) is 15.8. The van der Waals surface area contributed by atoms with Crippen molar-refractivity contribution in [3.8, 4) is 0 Å². The van der Waals surface area contributed by atoms with E-state index in [1.54, 1.807) is 18.2 Å². The Morgan fingerprint density at radius 1 is 1.21 bits per heavy atom. The number of rotatable bonds is 4. The van der Waals surface area contributed by atoms with E-state index in [9.17, 15) is 14.7 Å². The van der Waals surface area contributed by atoms with Crippen molar-refractivity contribution in [1.29, 1.82) is 0 Å². The van der Waals surface area contributed by atoms with Crippen molar-refractivity contribution in [2.24, 2.45) is 5.41 Å². The summed E-state index contributed by atoms with van der Waals surface area (Å²) in [6.07, 6.45) is 0. The zero-order valence-corrected chi connectivity index (χ0v) is 12.3. The Morgan fingerprint density at radius 2 is 1.68 bits per heavy atom. The maximum Gasteiger partial charge on any atom is 0.311 e. The molecule has 1 aromatic carbocycles. The monoisotopic (exact) mass is 303 g/mol. The van der Waals surface area contributed by atoms with E-state index in [2.05, 4.69) is 5.32 Å². The van der Waals surface area contributed by atoms with Gasteiger partial charge in [0.05, 0.1) is 11.5 Å². The highest BCUT2D eigenvalue weighted by atomic mass is 35.5. The molecular weight excluding hydrogens is 289 g/mol. The molecule has 0 saturated carbocycles. The molecule has 0 aromatic heterocycles. The lowest BCUT2D eigenvalue weighted by Crippen LogP contribution is -2.41. The number of hydrogen-bond acceptors (Lipinski definition) is 2. The second-order valence-corrected chi connectivity index (χ2v) is 5.74. The second kappa shape index (κ2) is 5.80. The van der Waals surface area contributed by atoms with Gasteiger partial charge in [0.2, 0.25) is 5.91 Å². The third kappa shape index (κ3) is 3.85. The molecule has 0 aliphatic heterocycles. The average molecular weight is 304 g/mol. The molecule has 1 amide bonds. The zero-order valence-electron chi connectivity index (χ0n) is 10.8. The number of amides is 1. The van der Waals surface area contributed by atoms with Crippen LogP contribution in [0.1, 0.15) is 32.4 Å². The lowest BCUT2D eigenvalue weighted by Gasteiger charge is -2.31. The molecule has 0 aliphatic carbocycles. The SMILES string of the molecule is CC(=O)NC(c1cc(Cl)cc(Cl)c1)C(C)(C)C(=O)O. The van der Waals surface area contributed by atoms with E-state index in [-0.39, 0.29) is 5.91 Å². The fraction of sp³-hybridized carbons (Fsp3) is 0.385. The number of hydrogen-bond donors (Lipinski definition) is 2. The largest absolute Gasteiger partial charge is 0.481 e. The van der Waals surface area contributed by atoms with Crippen LogP contribution in [-0.2, 0) is 9.59 Å². The molecule has 1 aromatic rings. The summed E-state index contributed by atoms with van der Waals surface area (Å²) in [5.74, 6) is -1.35. The Bertz CT molecular complexity index is 494. The summed E-state index contributed by atoms with van der Waals surface area (Å²) in [5, 5.41) is 12.7. The van der Waals surface area contributed by atoms with Gasteiger partial charge >= 0.3 is 5.97 Å². The highest BCUT2D eigenvalue weighted by Gasteiger charge is 2.38. The predicted molar refractivity (Wildman–Crippen MR) is 74.4 cm³/mol. The van der Waals surface area contributed by atoms with Crippen molar-refractivity contribution < 1.29 is 14.7 Å². The second-order valence-electron chi connectivity index (χ2n) is 4.86. The van der Waals surface area contributed by atoms with Crippen LogP contribution >= 0.6 is 23.2 Å². The molecule has 0 fully saturated rings. The van der Waals surface area contributed by atoms with Crippen LogP contribution in [0.5, 0.6) is 0 Å². The van der Waals surface area contributed by atoms with Gasteiger partial charge in [0.1, 0.15) is 0 Å². The Balaban J connectivity index is 3.31. The standard InChI is InChI=1S/C13H15Cl2NO3/c1-7(17)16-11(13(2,3)12(18)19)8-4-9(14)6-10(15)5-8/h4-6,11H,1-3H3,(H,16,17)(H,18,19). The Morgan fingerprint density at radius 3 is 2.05 bits per heavy atom. The summed E-state index contributed by atoms with van der Waals surface area (Å²) in [7, 11) is 0. The molecule has 6 heteroatoms. The zero-order chi connectivity index (χ0) is 14.8. The molecule has 0 aliphatic rings. The Kier molecular flexibility index (Phi) is 4.82. The molecule has 0 heterocycles. The maximum absolute atomic E-state index is 11.4. The summed E-state index contributed by atoms with van der Waals surface area (Å²) in [6, 6.07) is 4.02. The van der Waals surface area contributed by atoms with Gasteiger partial charge in [-0.1, -0.05) is 23.2 Å². The molecule has 0 saturated heterocycles. The summed E-state index contributed by atoms with van der Waals surface area (Å²) >= 11 is 11.8. The molecule has 0 bridgehead atoms. The van der Waals surface area contributed by atoms with Crippen molar-refractivity contribution >= 4 is 35.1 Å². The molecule has 1 unspecified atom stereocenters. The number of carboxylic acid groups (broad SMARTS) is 1. The van der Waals surface area contributed by atoms with Crippen molar-refractivity contribution in [3.63, 3.8) is 0 Å². The predicted octanol–water partition coefficient (Wildman–Crippen LogP) is 3.28. The quantitative estimate of drug-likeness (QED) is 0.897. The molecule has 1 rings (SSSR count). The van der Waals surface area contributed by atoms with Gasteiger partial charge in [0, 0.05) is 17.0 Å². The number of carbonyl (C=O) groups is 2. The van der Waals surface area contributed by atoms with Crippen LogP contribution in [0.2, 0.25) is 10.0 Å². The number of benzene rings is 1. The highest BCUT2D eigenvalue weighted by molar-refractivity contribution is 6.34. The molecule has 2 N–H and O–H groups in total. The summed E-state index contributed by atoms with van der Waals surface area (Å²) < 4.78 is 0. The summed E-state index contributed by atoms with van der Waals surface area (Å²) in [5.41, 5.74) is -0.639. The third-order valence-electron chi connectivity index (χ3n) is 2.84. The minimum absolute atomic E-state index is 0.324. The minimum Gasteiger partial charge on any atom is -0.481 e. The van der Waals surface area contributed by atoms with Crippen LogP contribution in [0.15, 0.2) is 18.2 Å². The van der Waals surface area contributed by atoms with Gasteiger partial charge in [0.25, 0.3) is 0 Å². The van der Waals surface area contributed by atoms with Crippen LogP contribution in [0.4, 0.5) is 0 Å². The van der Waals surface area contributed by atoms with Gasteiger partial charge in [-0.2, -0.15) is 0 Å². The Hall–Kier alpha value is -1.26. The number of aliphatic carboxylic acids is 1. The van der Waals surface area contributed by atoms with Gasteiger partial charge in [-0.15, -0.1) is 0 Å². The number of carboxylic acids is 1. The lowest BCUT2D eigenvalue weighted by molar-refractivity contribution is -0.149. The summed E-state index contributed by atoms with van der Waals surface area (Å²) in [4.78, 5) is 22.7. The minimum atomic E-state index is -1.19. The number of halogens is 2. The van der Waals surface area contributed by atoms with Crippen LogP contribution in [0, 0.1) is 5.41 Å². The van der Waals surface area contributed by atoms with Crippen LogP contribution in [-0.4, -0.2) is 17.0 Å². The molecule has 0 radical (unpaired) electrons. The maximum atomic E-state index is 11.4. The van der Waals surface area contributed by atoms with E-state index in [1.807, 2.05) is 0 Å². The fourth-order valence-corrected chi connectivity index (χ4v) is 2.29. The van der Waals surface area contributed by atoms with Gasteiger partial charge in [0.15, 0.2) is 0 Å². The number of carbonyl (C=O) groups excluding carboxylic acids is 1. The molecule has 19 heavy (non-hydrogen) atoms. The van der Waals surface area contributed by atoms with E-state index in [0.29, 0.717) is 15.6 Å². The van der Waals surface area contributed by atoms with Gasteiger partial charge in [-0.05, 0) is 37.6 Å². The van der Waals surface area contributed by atoms with Gasteiger partial charge in [-0.3, -0.25) is 9.59 Å². The van der Waals surface area contributed by atoms with Crippen LogP contribution < -0.4 is 5.32 Å². The van der Waals surface area contributed by atoms with Crippen molar-refractivity contribution in [2.75, 3.05) is 0 Å². The van der Waals surface area contributed by atoms with Crippen molar-refractivity contribution in [3.05, 3.63) is 33.8 Å². The van der Waals surface area contributed by atoms with E-state index in [1.165, 1.54) is 20.8 Å². The number of nitrogens with one attached hydrogen (secondary N) is 1. The molecule has 1 atom stereocenters. The molecule has 104 valence electrons. The average Bonchev–Trinajstić information content (AvgIpc) is 2.23. The molecule has 0 spiro atoms. The summed E-state index contributed by atoms with van der Waals surface area (Å²) in [6.45, 7) is 4.40. The highest BCUT2D eigenvalue weighted by Crippen LogP contribution is 2.36. The molecule has 4 nitrogen and oxygen atoms in total.